The summed E-state index contributed by atoms with van der Waals surface area (Å²) in [4.78, 5) is 0. The van der Waals surface area contributed by atoms with Crippen LogP contribution in [0.25, 0.3) is 0 Å². The molecule has 0 aliphatic rings. The normalized spacial score (nSPS) is 9.29. The first-order valence-corrected chi connectivity index (χ1v) is 9.64. The third-order valence-corrected chi connectivity index (χ3v) is 7.19. The van der Waals surface area contributed by atoms with Gasteiger partial charge in [-0.05, 0) is 0 Å². The van der Waals surface area contributed by atoms with Crippen LogP contribution in [0.1, 0.15) is 7.16 Å². The zero-order valence-electron chi connectivity index (χ0n) is 7.52. The molecule has 0 bridgehead atoms. The molecule has 0 saturated carbocycles. The number of rotatable bonds is 2. The molecule has 2 aromatic rings. The van der Waals surface area contributed by atoms with Gasteiger partial charge in [0.2, 0.25) is 0 Å². The first kappa shape index (κ1) is 12.9. The first-order chi connectivity index (χ1) is 6.86. The summed E-state index contributed by atoms with van der Waals surface area (Å²) in [5, 5.41) is 8.49. The number of hydrogen-bond acceptors (Lipinski definition) is 1. The molecule has 1 nitrogen and oxygen atoms in total. The maximum absolute atomic E-state index is 8.49. The van der Waals surface area contributed by atoms with Gasteiger partial charge in [0.15, 0.2) is 0 Å². The summed E-state index contributed by atoms with van der Waals surface area (Å²) in [6.45, 7) is 0.273. The quantitative estimate of drug-likeness (QED) is 0.560. The summed E-state index contributed by atoms with van der Waals surface area (Å²) in [6, 6.07) is 8.24. The van der Waals surface area contributed by atoms with Crippen LogP contribution in [-0.2, 0) is 12.5 Å². The van der Waals surface area contributed by atoms with Gasteiger partial charge in [0.05, 0.1) is 0 Å². The molecule has 0 atom stereocenters. The van der Waals surface area contributed by atoms with Crippen LogP contribution in [0.2, 0.25) is 0 Å². The monoisotopic (exact) mass is 442 g/mol. The molecule has 0 aliphatic heterocycles. The number of halogens is 1. The molecular formula is C10H11ClOTe2. The van der Waals surface area contributed by atoms with Crippen molar-refractivity contribution in [3.05, 3.63) is 39.6 Å². The summed E-state index contributed by atoms with van der Waals surface area (Å²) >= 11 is 5.56. The van der Waals surface area contributed by atoms with Crippen molar-refractivity contribution in [2.24, 2.45) is 0 Å². The molecule has 14 heavy (non-hydrogen) atoms. The summed E-state index contributed by atoms with van der Waals surface area (Å²) < 4.78 is 7.09. The fourth-order valence-corrected chi connectivity index (χ4v) is 4.49. The summed E-state index contributed by atoms with van der Waals surface area (Å²) in [7, 11) is 0. The average molecular weight is 438 g/mol. The van der Waals surface area contributed by atoms with Gasteiger partial charge >= 0.3 is 110 Å². The van der Waals surface area contributed by atoms with Crippen molar-refractivity contribution in [2.75, 3.05) is 0 Å². The van der Waals surface area contributed by atoms with Crippen LogP contribution < -0.4 is 0 Å². The summed E-state index contributed by atoms with van der Waals surface area (Å²) in [6.07, 6.45) is 0. The van der Waals surface area contributed by atoms with Crippen LogP contribution in [-0.4, -0.2) is 46.0 Å². The van der Waals surface area contributed by atoms with Crippen molar-refractivity contribution in [1.29, 1.82) is 0 Å². The molecule has 0 fully saturated rings. The zero-order chi connectivity index (χ0) is 10.2. The predicted octanol–water partition coefficient (Wildman–Crippen LogP) is 1.72. The third kappa shape index (κ3) is 5.03. The minimum absolute atomic E-state index is 0.0449. The van der Waals surface area contributed by atoms with Gasteiger partial charge in [-0.3, -0.25) is 0 Å². The van der Waals surface area contributed by atoms with E-state index < -0.39 is 0 Å². The fourth-order valence-electron chi connectivity index (χ4n) is 0.791. The van der Waals surface area contributed by atoms with Gasteiger partial charge < -0.3 is 0 Å². The Labute approximate surface area is 109 Å². The van der Waals surface area contributed by atoms with Gasteiger partial charge in [-0.15, -0.1) is 0 Å². The van der Waals surface area contributed by atoms with E-state index in [0.29, 0.717) is 0 Å². The predicted molar refractivity (Wildman–Crippen MR) is 62.2 cm³/mol. The number of aliphatic hydroxyl groups excluding tert-OH is 1. The van der Waals surface area contributed by atoms with Crippen LogP contribution in [0.4, 0.5) is 0 Å². The van der Waals surface area contributed by atoms with Crippen molar-refractivity contribution in [3.8, 4) is 0 Å². The standard InChI is InChI=1S/C5H5ClTe.C5H6OTe/c2*6-4-5-2-1-3-7-5/h1-3H,4H2;1-3,6H,4H2. The van der Waals surface area contributed by atoms with Crippen molar-refractivity contribution in [2.45, 2.75) is 12.5 Å². The fraction of sp³-hybridized carbons (Fsp3) is 0.200. The van der Waals surface area contributed by atoms with E-state index in [4.69, 9.17) is 16.7 Å². The van der Waals surface area contributed by atoms with Gasteiger partial charge in [-0.1, -0.05) is 0 Å². The Hall–Kier alpha value is 0.789. The minimum atomic E-state index is -0.0449. The van der Waals surface area contributed by atoms with Gasteiger partial charge in [-0.25, -0.2) is 0 Å². The second-order valence-corrected chi connectivity index (χ2v) is 8.61. The average Bonchev–Trinajstić information content (AvgIpc) is 2.92. The Morgan fingerprint density at radius 3 is 1.86 bits per heavy atom. The van der Waals surface area contributed by atoms with Crippen LogP contribution in [0, 0.1) is 0 Å². The Morgan fingerprint density at radius 2 is 1.64 bits per heavy atom. The molecule has 2 rings (SSSR count). The molecular weight excluding hydrogens is 427 g/mol. The second kappa shape index (κ2) is 8.00. The van der Waals surface area contributed by atoms with E-state index in [-0.39, 0.29) is 47.5 Å². The zero-order valence-corrected chi connectivity index (χ0v) is 12.9. The van der Waals surface area contributed by atoms with E-state index >= 15 is 0 Å². The topological polar surface area (TPSA) is 20.2 Å². The Balaban J connectivity index is 0.000000140. The third-order valence-electron chi connectivity index (χ3n) is 1.45. The summed E-state index contributed by atoms with van der Waals surface area (Å²) in [5.41, 5.74) is 0. The second-order valence-electron chi connectivity index (χ2n) is 2.45. The van der Waals surface area contributed by atoms with Gasteiger partial charge in [0.25, 0.3) is 0 Å². The van der Waals surface area contributed by atoms with Gasteiger partial charge in [0, 0.05) is 0 Å². The molecule has 0 aromatic carbocycles. The van der Waals surface area contributed by atoms with Crippen molar-refractivity contribution in [1.82, 2.24) is 0 Å². The van der Waals surface area contributed by atoms with Crippen LogP contribution >= 0.6 is 11.6 Å². The molecule has 0 amide bonds. The molecule has 76 valence electrons. The maximum atomic E-state index is 8.49. The Kier molecular flexibility index (Phi) is 7.35. The molecule has 0 radical (unpaired) electrons. The Bertz CT molecular complexity index is 282. The number of alkyl halides is 1. The molecule has 1 N–H and O–H groups in total. The first-order valence-electron chi connectivity index (χ1n) is 4.08. The molecule has 0 unspecified atom stereocenters. The van der Waals surface area contributed by atoms with E-state index in [2.05, 4.69) is 20.3 Å². The Morgan fingerprint density at radius 1 is 1.07 bits per heavy atom. The van der Waals surface area contributed by atoms with Crippen LogP contribution in [0.5, 0.6) is 0 Å². The van der Waals surface area contributed by atoms with Gasteiger partial charge in [-0.2, -0.15) is 0 Å². The van der Waals surface area contributed by atoms with E-state index in [9.17, 15) is 0 Å². The van der Waals surface area contributed by atoms with E-state index in [0.717, 1.165) is 5.88 Å². The SMILES string of the molecule is ClCc1ccc[te]1.OCc1ccc[te]1. The summed E-state index contributed by atoms with van der Waals surface area (Å²) in [5.74, 6) is 0.745. The van der Waals surface area contributed by atoms with Gasteiger partial charge in [0.1, 0.15) is 0 Å². The van der Waals surface area contributed by atoms with Crippen LogP contribution in [0.15, 0.2) is 32.4 Å². The van der Waals surface area contributed by atoms with Crippen molar-refractivity contribution >= 4 is 52.5 Å². The molecule has 0 spiro atoms. The molecule has 0 aliphatic carbocycles. The molecule has 0 saturated heterocycles. The molecule has 4 heteroatoms. The van der Waals surface area contributed by atoms with E-state index in [1.165, 1.54) is 7.16 Å². The van der Waals surface area contributed by atoms with E-state index in [1.54, 1.807) is 0 Å². The number of aliphatic hydroxyl groups is 1. The van der Waals surface area contributed by atoms with Crippen molar-refractivity contribution in [3.63, 3.8) is 0 Å². The van der Waals surface area contributed by atoms with E-state index in [1.807, 2.05) is 12.1 Å². The van der Waals surface area contributed by atoms with Crippen LogP contribution in [0.3, 0.4) is 0 Å². The van der Waals surface area contributed by atoms with Crippen molar-refractivity contribution < 1.29 is 5.11 Å². The molecule has 2 heterocycles. The molecule has 2 aromatic heterocycles. The number of hydrogen-bond donors (Lipinski definition) is 1.